The van der Waals surface area contributed by atoms with Gasteiger partial charge in [0.2, 0.25) is 5.91 Å². The molecule has 10 heteroatoms. The molecule has 0 radical (unpaired) electrons. The number of H-pyrrole nitrogens is 1. The summed E-state index contributed by atoms with van der Waals surface area (Å²) < 4.78 is 4.73. The van der Waals surface area contributed by atoms with E-state index in [1.54, 1.807) is 6.20 Å². The van der Waals surface area contributed by atoms with E-state index in [-0.39, 0.29) is 17.8 Å². The van der Waals surface area contributed by atoms with Gasteiger partial charge in [0.15, 0.2) is 5.96 Å². The number of hydrogen-bond donors (Lipinski definition) is 5. The Morgan fingerprint density at radius 3 is 2.56 bits per heavy atom. The number of guanidine groups is 1. The van der Waals surface area contributed by atoms with E-state index in [2.05, 4.69) is 20.3 Å². The molecule has 1 rings (SSSR count). The molecule has 10 nitrogen and oxygen atoms in total. The number of imidazole rings is 1. The van der Waals surface area contributed by atoms with Gasteiger partial charge in [0.25, 0.3) is 0 Å². The molecule has 0 spiro atoms. The number of nitrogens with zero attached hydrogens (tertiary/aromatic N) is 2. The van der Waals surface area contributed by atoms with Crippen molar-refractivity contribution in [1.29, 1.82) is 0 Å². The minimum atomic E-state index is -0.830. The Morgan fingerprint density at radius 2 is 2.04 bits per heavy atom. The quantitative estimate of drug-likeness (QED) is 0.162. The van der Waals surface area contributed by atoms with Gasteiger partial charge in [-0.1, -0.05) is 20.8 Å². The van der Waals surface area contributed by atoms with E-state index in [9.17, 15) is 9.59 Å². The third-order valence-corrected chi connectivity index (χ3v) is 3.86. The number of aromatic amines is 1. The van der Waals surface area contributed by atoms with Gasteiger partial charge in [-0.2, -0.15) is 0 Å². The number of rotatable bonds is 9. The van der Waals surface area contributed by atoms with Crippen molar-refractivity contribution in [2.24, 2.45) is 22.2 Å². The van der Waals surface area contributed by atoms with E-state index in [0.29, 0.717) is 19.4 Å². The Kier molecular flexibility index (Phi) is 8.23. The van der Waals surface area contributed by atoms with Gasteiger partial charge in [-0.3, -0.25) is 9.79 Å². The van der Waals surface area contributed by atoms with Crippen LogP contribution in [0.3, 0.4) is 0 Å². The number of esters is 1. The number of aliphatic imine (C=N–C) groups is 1. The smallest absolute Gasteiger partial charge is 0.328 e. The number of carbonyl (C=O) groups is 2. The topological polar surface area (TPSA) is 174 Å². The van der Waals surface area contributed by atoms with E-state index < -0.39 is 24.0 Å². The molecule has 0 saturated carbocycles. The molecule has 1 heterocycles. The Hall–Kier alpha value is -2.62. The molecule has 0 aliphatic rings. The van der Waals surface area contributed by atoms with Crippen LogP contribution in [0.4, 0.5) is 0 Å². The van der Waals surface area contributed by atoms with Crippen LogP contribution in [0.5, 0.6) is 0 Å². The van der Waals surface area contributed by atoms with E-state index in [1.165, 1.54) is 7.11 Å². The fourth-order valence-electron chi connectivity index (χ4n) is 2.35. The van der Waals surface area contributed by atoms with Gasteiger partial charge >= 0.3 is 5.97 Å². The standard InChI is InChI=1S/C17H31N7O3/c1-17(2,3)15-22-9-10(23-15)8-11(18)13(25)24-12(14(26)27-4)6-5-7-21-16(19)20/h9,11-12H,5-8,18H2,1-4H3,(H,22,23)(H,24,25)(H4,19,20,21)/t11-,12-/m0/s1. The number of nitrogens with two attached hydrogens (primary N) is 3. The summed E-state index contributed by atoms with van der Waals surface area (Å²) in [6.07, 6.45) is 2.78. The first kappa shape index (κ1) is 22.4. The van der Waals surface area contributed by atoms with Crippen LogP contribution in [0.1, 0.15) is 45.1 Å². The molecule has 1 amide bonds. The average Bonchev–Trinajstić information content (AvgIpc) is 3.05. The van der Waals surface area contributed by atoms with Crippen molar-refractivity contribution in [3.8, 4) is 0 Å². The first-order valence-electron chi connectivity index (χ1n) is 8.78. The second-order valence-corrected chi connectivity index (χ2v) is 7.35. The lowest BCUT2D eigenvalue weighted by Gasteiger charge is -2.19. The van der Waals surface area contributed by atoms with Crippen LogP contribution in [0.15, 0.2) is 11.2 Å². The summed E-state index contributed by atoms with van der Waals surface area (Å²) >= 11 is 0. The van der Waals surface area contributed by atoms with Crippen molar-refractivity contribution < 1.29 is 14.3 Å². The second-order valence-electron chi connectivity index (χ2n) is 7.35. The van der Waals surface area contributed by atoms with E-state index in [1.807, 2.05) is 20.8 Å². The minimum Gasteiger partial charge on any atom is -0.467 e. The third kappa shape index (κ3) is 7.65. The van der Waals surface area contributed by atoms with Crippen molar-refractivity contribution in [2.45, 2.75) is 57.5 Å². The van der Waals surface area contributed by atoms with Crippen LogP contribution < -0.4 is 22.5 Å². The predicted molar refractivity (Wildman–Crippen MR) is 103 cm³/mol. The summed E-state index contributed by atoms with van der Waals surface area (Å²) in [7, 11) is 1.26. The molecule has 0 bridgehead atoms. The average molecular weight is 381 g/mol. The van der Waals surface area contributed by atoms with Crippen LogP contribution in [-0.2, 0) is 26.2 Å². The molecule has 27 heavy (non-hydrogen) atoms. The van der Waals surface area contributed by atoms with Crippen LogP contribution in [0, 0.1) is 0 Å². The molecule has 0 unspecified atom stereocenters. The fraction of sp³-hybridized carbons (Fsp3) is 0.647. The highest BCUT2D eigenvalue weighted by Gasteiger charge is 2.25. The van der Waals surface area contributed by atoms with Gasteiger partial charge in [0.1, 0.15) is 11.9 Å². The molecule has 0 fully saturated rings. The van der Waals surface area contributed by atoms with Gasteiger partial charge in [-0.05, 0) is 12.8 Å². The molecule has 0 aromatic carbocycles. The molecular weight excluding hydrogens is 350 g/mol. The van der Waals surface area contributed by atoms with Gasteiger partial charge in [-0.25, -0.2) is 9.78 Å². The number of nitrogens with one attached hydrogen (secondary N) is 2. The van der Waals surface area contributed by atoms with Gasteiger partial charge in [-0.15, -0.1) is 0 Å². The zero-order chi connectivity index (χ0) is 20.6. The number of ether oxygens (including phenoxy) is 1. The van der Waals surface area contributed by atoms with Crippen molar-refractivity contribution in [3.63, 3.8) is 0 Å². The highest BCUT2D eigenvalue weighted by Crippen LogP contribution is 2.18. The maximum Gasteiger partial charge on any atom is 0.328 e. The summed E-state index contributed by atoms with van der Waals surface area (Å²) in [6, 6.07) is -1.64. The van der Waals surface area contributed by atoms with E-state index in [4.69, 9.17) is 21.9 Å². The van der Waals surface area contributed by atoms with E-state index >= 15 is 0 Å². The monoisotopic (exact) mass is 381 g/mol. The number of methoxy groups -OCH3 is 1. The number of carbonyl (C=O) groups excluding carboxylic acids is 2. The molecule has 1 aromatic rings. The largest absolute Gasteiger partial charge is 0.467 e. The summed E-state index contributed by atoms with van der Waals surface area (Å²) in [5.41, 5.74) is 17.1. The summed E-state index contributed by atoms with van der Waals surface area (Å²) in [4.78, 5) is 35.6. The maximum absolute atomic E-state index is 12.4. The Labute approximate surface area is 159 Å². The Balaban J connectivity index is 2.64. The lowest BCUT2D eigenvalue weighted by Crippen LogP contribution is -2.49. The highest BCUT2D eigenvalue weighted by atomic mass is 16.5. The zero-order valence-corrected chi connectivity index (χ0v) is 16.4. The molecule has 1 aromatic heterocycles. The lowest BCUT2D eigenvalue weighted by molar-refractivity contribution is -0.145. The molecular formula is C17H31N7O3. The minimum absolute atomic E-state index is 0.0233. The number of hydrogen-bond acceptors (Lipinski definition) is 6. The normalized spacial score (nSPS) is 13.5. The van der Waals surface area contributed by atoms with Crippen molar-refractivity contribution in [3.05, 3.63) is 17.7 Å². The van der Waals surface area contributed by atoms with Crippen LogP contribution in [-0.4, -0.2) is 53.5 Å². The fourth-order valence-corrected chi connectivity index (χ4v) is 2.35. The molecule has 2 atom stereocenters. The Morgan fingerprint density at radius 1 is 1.37 bits per heavy atom. The van der Waals surface area contributed by atoms with Gasteiger partial charge in [0.05, 0.1) is 13.2 Å². The van der Waals surface area contributed by atoms with Crippen LogP contribution >= 0.6 is 0 Å². The van der Waals surface area contributed by atoms with Gasteiger partial charge in [0, 0.05) is 30.3 Å². The Bertz CT molecular complexity index is 660. The molecule has 8 N–H and O–H groups in total. The highest BCUT2D eigenvalue weighted by molar-refractivity contribution is 5.87. The molecule has 0 saturated heterocycles. The van der Waals surface area contributed by atoms with Crippen LogP contribution in [0.25, 0.3) is 0 Å². The van der Waals surface area contributed by atoms with Crippen molar-refractivity contribution >= 4 is 17.8 Å². The number of amides is 1. The lowest BCUT2D eigenvalue weighted by atomic mass is 9.96. The van der Waals surface area contributed by atoms with E-state index in [0.717, 1.165) is 11.5 Å². The molecule has 152 valence electrons. The number of aromatic nitrogens is 2. The summed E-state index contributed by atoms with van der Waals surface area (Å²) in [6.45, 7) is 6.45. The zero-order valence-electron chi connectivity index (χ0n) is 16.4. The van der Waals surface area contributed by atoms with Gasteiger partial charge < -0.3 is 32.2 Å². The summed E-state index contributed by atoms with van der Waals surface area (Å²) in [5.74, 6) is -0.196. The van der Waals surface area contributed by atoms with Crippen molar-refractivity contribution in [2.75, 3.05) is 13.7 Å². The molecule has 0 aliphatic heterocycles. The van der Waals surface area contributed by atoms with Crippen molar-refractivity contribution in [1.82, 2.24) is 15.3 Å². The predicted octanol–water partition coefficient (Wildman–Crippen LogP) is -0.712. The first-order valence-corrected chi connectivity index (χ1v) is 8.78. The second kappa shape index (κ2) is 9.91. The SMILES string of the molecule is COC(=O)[C@H](CCCN=C(N)N)NC(=O)[C@@H](N)Cc1cnc(C(C)(C)C)[nH]1. The summed E-state index contributed by atoms with van der Waals surface area (Å²) in [5, 5.41) is 2.63. The molecule has 0 aliphatic carbocycles. The first-order chi connectivity index (χ1) is 12.5. The maximum atomic E-state index is 12.4. The third-order valence-electron chi connectivity index (χ3n) is 3.86. The van der Waals surface area contributed by atoms with Crippen LogP contribution in [0.2, 0.25) is 0 Å².